The standard InChI is InChI=1S/C23H34N2O3S/c1-17-5-7-20(8-6-17)29(27,28)24-11-9-18(10-12-24)21(26)25-16-23(4)14-19(25)13-22(2,3)15-23/h5-8,18-19H,9-16H2,1-4H3/t19-,23+/m1/s1. The van der Waals surface area contributed by atoms with Crippen LogP contribution in [-0.2, 0) is 14.8 Å². The lowest BCUT2D eigenvalue weighted by Crippen LogP contribution is -2.46. The van der Waals surface area contributed by atoms with Gasteiger partial charge in [0.1, 0.15) is 0 Å². The summed E-state index contributed by atoms with van der Waals surface area (Å²) in [7, 11) is -3.48. The summed E-state index contributed by atoms with van der Waals surface area (Å²) in [5, 5.41) is 0. The fourth-order valence-electron chi connectivity index (χ4n) is 6.15. The number of carbonyl (C=O) groups excluding carboxylic acids is 1. The highest BCUT2D eigenvalue weighted by Crippen LogP contribution is 2.52. The third-order valence-corrected chi connectivity index (χ3v) is 9.07. The van der Waals surface area contributed by atoms with Crippen molar-refractivity contribution in [2.75, 3.05) is 19.6 Å². The van der Waals surface area contributed by atoms with Crippen LogP contribution >= 0.6 is 0 Å². The van der Waals surface area contributed by atoms with E-state index in [1.807, 2.05) is 19.1 Å². The Morgan fingerprint density at radius 3 is 2.28 bits per heavy atom. The summed E-state index contributed by atoms with van der Waals surface area (Å²) in [5.41, 5.74) is 1.57. The minimum absolute atomic E-state index is 0.0504. The number of hydrogen-bond acceptors (Lipinski definition) is 3. The third kappa shape index (κ3) is 3.98. The molecule has 3 fully saturated rings. The van der Waals surface area contributed by atoms with Crippen molar-refractivity contribution in [1.29, 1.82) is 0 Å². The van der Waals surface area contributed by atoms with E-state index >= 15 is 0 Å². The molecular weight excluding hydrogens is 384 g/mol. The smallest absolute Gasteiger partial charge is 0.243 e. The van der Waals surface area contributed by atoms with Crippen LogP contribution in [0.3, 0.4) is 0 Å². The van der Waals surface area contributed by atoms with Gasteiger partial charge in [-0.1, -0.05) is 38.5 Å². The lowest BCUT2D eigenvalue weighted by atomic mass is 9.65. The largest absolute Gasteiger partial charge is 0.339 e. The molecule has 1 amide bonds. The highest BCUT2D eigenvalue weighted by atomic mass is 32.2. The predicted molar refractivity (Wildman–Crippen MR) is 114 cm³/mol. The maximum absolute atomic E-state index is 13.3. The fourth-order valence-corrected chi connectivity index (χ4v) is 7.62. The molecule has 3 aliphatic rings. The highest BCUT2D eigenvalue weighted by Gasteiger charge is 2.51. The molecule has 0 aromatic heterocycles. The van der Waals surface area contributed by atoms with E-state index in [0.717, 1.165) is 24.9 Å². The molecule has 0 radical (unpaired) electrons. The average Bonchev–Trinajstić information content (AvgIpc) is 2.90. The maximum atomic E-state index is 13.3. The van der Waals surface area contributed by atoms with Crippen molar-refractivity contribution in [3.63, 3.8) is 0 Å². The van der Waals surface area contributed by atoms with E-state index in [4.69, 9.17) is 0 Å². The minimum atomic E-state index is -3.48. The molecule has 2 bridgehead atoms. The van der Waals surface area contributed by atoms with E-state index < -0.39 is 10.0 Å². The summed E-state index contributed by atoms with van der Waals surface area (Å²) in [6, 6.07) is 7.36. The first-order chi connectivity index (χ1) is 13.5. The Morgan fingerprint density at radius 2 is 1.66 bits per heavy atom. The van der Waals surface area contributed by atoms with Gasteiger partial charge < -0.3 is 4.90 Å². The van der Waals surface area contributed by atoms with Gasteiger partial charge in [-0.05, 0) is 62.0 Å². The second-order valence-corrected chi connectivity index (χ2v) is 12.6. The third-order valence-electron chi connectivity index (χ3n) is 7.16. The van der Waals surface area contributed by atoms with E-state index in [2.05, 4.69) is 25.7 Å². The fraction of sp³-hybridized carbons (Fsp3) is 0.696. The van der Waals surface area contributed by atoms with Gasteiger partial charge >= 0.3 is 0 Å². The number of piperidine rings is 1. The van der Waals surface area contributed by atoms with Gasteiger partial charge in [0.05, 0.1) is 4.90 Å². The summed E-state index contributed by atoms with van der Waals surface area (Å²) >= 11 is 0. The van der Waals surface area contributed by atoms with Crippen molar-refractivity contribution in [2.24, 2.45) is 16.7 Å². The van der Waals surface area contributed by atoms with Gasteiger partial charge in [0.15, 0.2) is 0 Å². The average molecular weight is 419 g/mol. The van der Waals surface area contributed by atoms with Crippen molar-refractivity contribution in [3.8, 4) is 0 Å². The van der Waals surface area contributed by atoms with E-state index in [9.17, 15) is 13.2 Å². The summed E-state index contributed by atoms with van der Waals surface area (Å²) in [4.78, 5) is 15.8. The highest BCUT2D eigenvalue weighted by molar-refractivity contribution is 7.89. The molecule has 2 saturated heterocycles. The number of hydrogen-bond donors (Lipinski definition) is 0. The van der Waals surface area contributed by atoms with Crippen molar-refractivity contribution in [2.45, 2.75) is 70.7 Å². The SMILES string of the molecule is Cc1ccc(S(=O)(=O)N2CCC(C(=O)N3C[C@@]4(C)C[C@H]3CC(C)(C)C4)CC2)cc1. The van der Waals surface area contributed by atoms with E-state index in [0.29, 0.717) is 36.9 Å². The number of aryl methyl sites for hydroxylation is 1. The van der Waals surface area contributed by atoms with Crippen LogP contribution in [-0.4, -0.2) is 49.2 Å². The molecule has 1 aliphatic carbocycles. The second kappa shape index (κ2) is 7.09. The summed E-state index contributed by atoms with van der Waals surface area (Å²) in [5.74, 6) is 0.203. The number of carbonyl (C=O) groups is 1. The van der Waals surface area contributed by atoms with Crippen LogP contribution in [0.4, 0.5) is 0 Å². The van der Waals surface area contributed by atoms with Crippen LogP contribution in [0.2, 0.25) is 0 Å². The van der Waals surface area contributed by atoms with Gasteiger partial charge in [-0.2, -0.15) is 4.31 Å². The van der Waals surface area contributed by atoms with Crippen LogP contribution in [0, 0.1) is 23.7 Å². The molecule has 5 nitrogen and oxygen atoms in total. The summed E-state index contributed by atoms with van der Waals surface area (Å²) in [6.45, 7) is 10.6. The number of sulfonamides is 1. The van der Waals surface area contributed by atoms with E-state index in [1.165, 1.54) is 6.42 Å². The van der Waals surface area contributed by atoms with Crippen LogP contribution in [0.5, 0.6) is 0 Å². The number of fused-ring (bicyclic) bond motifs is 2. The van der Waals surface area contributed by atoms with Gasteiger partial charge in [0.25, 0.3) is 0 Å². The Kier molecular flexibility index (Phi) is 5.10. The predicted octanol–water partition coefficient (Wildman–Crippen LogP) is 3.82. The number of likely N-dealkylation sites (tertiary alicyclic amines) is 1. The first-order valence-corrected chi connectivity index (χ1v) is 12.3. The first kappa shape index (κ1) is 20.9. The van der Waals surface area contributed by atoms with Crippen LogP contribution in [0.15, 0.2) is 29.2 Å². The molecule has 1 saturated carbocycles. The Hall–Kier alpha value is -1.40. The van der Waals surface area contributed by atoms with Gasteiger partial charge in [0.2, 0.25) is 15.9 Å². The Balaban J connectivity index is 1.41. The molecule has 0 unspecified atom stereocenters. The maximum Gasteiger partial charge on any atom is 0.243 e. The molecular formula is C23H34N2O3S. The lowest BCUT2D eigenvalue weighted by molar-refractivity contribution is -0.138. The van der Waals surface area contributed by atoms with Gasteiger partial charge in [0, 0.05) is 31.6 Å². The molecule has 0 spiro atoms. The van der Waals surface area contributed by atoms with Crippen molar-refractivity contribution in [3.05, 3.63) is 29.8 Å². The Labute approximate surface area is 175 Å². The molecule has 4 rings (SSSR count). The normalized spacial score (nSPS) is 30.5. The molecule has 29 heavy (non-hydrogen) atoms. The molecule has 2 aliphatic heterocycles. The molecule has 160 valence electrons. The molecule has 6 heteroatoms. The minimum Gasteiger partial charge on any atom is -0.339 e. The molecule has 0 N–H and O–H groups in total. The molecule has 2 atom stereocenters. The molecule has 1 aromatic rings. The quantitative estimate of drug-likeness (QED) is 0.750. The number of amides is 1. The number of rotatable bonds is 3. The summed E-state index contributed by atoms with van der Waals surface area (Å²) in [6.07, 6.45) is 4.60. The summed E-state index contributed by atoms with van der Waals surface area (Å²) < 4.78 is 27.4. The Morgan fingerprint density at radius 1 is 1.03 bits per heavy atom. The van der Waals surface area contributed by atoms with Crippen LogP contribution < -0.4 is 0 Å². The number of nitrogens with zero attached hydrogens (tertiary/aromatic N) is 2. The zero-order valence-electron chi connectivity index (χ0n) is 18.1. The molecule has 1 aromatic carbocycles. The van der Waals surface area contributed by atoms with Crippen molar-refractivity contribution < 1.29 is 13.2 Å². The molecule has 2 heterocycles. The second-order valence-electron chi connectivity index (χ2n) is 10.7. The van der Waals surface area contributed by atoms with Gasteiger partial charge in [-0.15, -0.1) is 0 Å². The van der Waals surface area contributed by atoms with E-state index in [-0.39, 0.29) is 22.7 Å². The monoisotopic (exact) mass is 418 g/mol. The Bertz CT molecular complexity index is 885. The topological polar surface area (TPSA) is 57.7 Å². The van der Waals surface area contributed by atoms with Gasteiger partial charge in [-0.25, -0.2) is 8.42 Å². The van der Waals surface area contributed by atoms with Crippen molar-refractivity contribution >= 4 is 15.9 Å². The van der Waals surface area contributed by atoms with Crippen LogP contribution in [0.1, 0.15) is 58.4 Å². The van der Waals surface area contributed by atoms with Crippen LogP contribution in [0.25, 0.3) is 0 Å². The lowest BCUT2D eigenvalue weighted by Gasteiger charge is -2.40. The van der Waals surface area contributed by atoms with Crippen molar-refractivity contribution in [1.82, 2.24) is 9.21 Å². The zero-order chi connectivity index (χ0) is 21.0. The zero-order valence-corrected chi connectivity index (χ0v) is 19.0. The number of benzene rings is 1. The van der Waals surface area contributed by atoms with Gasteiger partial charge in [-0.3, -0.25) is 4.79 Å². The van der Waals surface area contributed by atoms with E-state index in [1.54, 1.807) is 16.4 Å². The first-order valence-electron chi connectivity index (χ1n) is 10.9.